The Hall–Kier alpha value is -2.90. The molecule has 0 bridgehead atoms. The fraction of sp³-hybridized carbons (Fsp3) is 0.421. The zero-order valence-electron chi connectivity index (χ0n) is 15.6. The predicted molar refractivity (Wildman–Crippen MR) is 102 cm³/mol. The molecule has 1 aromatic carbocycles. The van der Waals surface area contributed by atoms with E-state index in [1.807, 2.05) is 32.3 Å². The molecule has 0 saturated carbocycles. The Morgan fingerprint density at radius 1 is 1.52 bits per heavy atom. The Morgan fingerprint density at radius 3 is 2.93 bits per heavy atom. The van der Waals surface area contributed by atoms with Crippen molar-refractivity contribution in [2.75, 3.05) is 6.54 Å². The van der Waals surface area contributed by atoms with Crippen molar-refractivity contribution in [3.05, 3.63) is 30.1 Å². The molecule has 3 atom stereocenters. The number of fused-ring (bicyclic) bond motifs is 1. The number of nitrogens with one attached hydrogen (secondary N) is 3. The molecule has 8 heteroatoms. The monoisotopic (exact) mass is 373 g/mol. The molecule has 3 rings (SSSR count). The van der Waals surface area contributed by atoms with Gasteiger partial charge in [-0.15, -0.1) is 0 Å². The highest BCUT2D eigenvalue weighted by Gasteiger charge is 2.28. The van der Waals surface area contributed by atoms with E-state index in [9.17, 15) is 9.18 Å². The number of carbonyl (C=O) groups is 1. The Kier molecular flexibility index (Phi) is 5.43. The number of halogens is 1. The summed E-state index contributed by atoms with van der Waals surface area (Å²) < 4.78 is 21.0. The summed E-state index contributed by atoms with van der Waals surface area (Å²) in [6.45, 7) is 3.92. The highest BCUT2D eigenvalue weighted by molar-refractivity contribution is 6.09. The van der Waals surface area contributed by atoms with Crippen LogP contribution < -0.4 is 15.4 Å². The van der Waals surface area contributed by atoms with Crippen molar-refractivity contribution in [2.45, 2.75) is 32.7 Å². The molecule has 2 aromatic rings. The third-order valence-electron chi connectivity index (χ3n) is 4.64. The molecule has 0 spiro atoms. The average Bonchev–Trinajstić information content (AvgIpc) is 3.20. The number of carbonyl (C=O) groups excluding carboxylic acids is 1. The van der Waals surface area contributed by atoms with Crippen LogP contribution in [-0.2, 0) is 11.8 Å². The molecule has 1 saturated heterocycles. The van der Waals surface area contributed by atoms with Gasteiger partial charge in [-0.3, -0.25) is 9.48 Å². The second kappa shape index (κ2) is 7.77. The number of hydrogen-bond acceptors (Lipinski definition) is 5. The molecule has 144 valence electrons. The van der Waals surface area contributed by atoms with E-state index in [1.165, 1.54) is 13.1 Å². The van der Waals surface area contributed by atoms with Gasteiger partial charge in [0.15, 0.2) is 6.30 Å². The van der Waals surface area contributed by atoms with E-state index in [0.29, 0.717) is 29.9 Å². The highest BCUT2D eigenvalue weighted by atomic mass is 19.1. The Bertz CT molecular complexity index is 890. The molecule has 1 aliphatic heterocycles. The number of rotatable bonds is 7. The van der Waals surface area contributed by atoms with Crippen molar-refractivity contribution in [3.8, 4) is 5.75 Å². The molecule has 7 nitrogen and oxygen atoms in total. The van der Waals surface area contributed by atoms with Crippen LogP contribution in [0.3, 0.4) is 0 Å². The molecule has 2 heterocycles. The first-order valence-electron chi connectivity index (χ1n) is 8.89. The van der Waals surface area contributed by atoms with Gasteiger partial charge in [0.05, 0.1) is 10.9 Å². The van der Waals surface area contributed by atoms with Gasteiger partial charge in [-0.2, -0.15) is 5.10 Å². The van der Waals surface area contributed by atoms with Crippen LogP contribution >= 0.6 is 0 Å². The summed E-state index contributed by atoms with van der Waals surface area (Å²) in [6.07, 6.45) is 3.55. The highest BCUT2D eigenvalue weighted by Crippen LogP contribution is 2.31. The van der Waals surface area contributed by atoms with Crippen LogP contribution in [-0.4, -0.2) is 40.8 Å². The maximum Gasteiger partial charge on any atom is 0.220 e. The molecule has 1 unspecified atom stereocenters. The summed E-state index contributed by atoms with van der Waals surface area (Å²) in [5.41, 5.74) is 1.94. The summed E-state index contributed by atoms with van der Waals surface area (Å²) in [5.74, 6) is 0.763. The van der Waals surface area contributed by atoms with E-state index in [1.54, 1.807) is 4.68 Å². The lowest BCUT2D eigenvalue weighted by Crippen LogP contribution is -2.25. The quantitative estimate of drug-likeness (QED) is 0.513. The maximum absolute atomic E-state index is 13.1. The largest absolute Gasteiger partial charge is 0.490 e. The molecule has 1 fully saturated rings. The molecular weight excluding hydrogens is 349 g/mol. The number of allylic oxidation sites excluding steroid dienone is 1. The van der Waals surface area contributed by atoms with Crippen molar-refractivity contribution < 1.29 is 13.9 Å². The second-order valence-electron chi connectivity index (χ2n) is 6.83. The number of aromatic nitrogens is 2. The number of nitrogens with zero attached hydrogens (tertiary/aromatic N) is 2. The summed E-state index contributed by atoms with van der Waals surface area (Å²) in [4.78, 5) is 11.5. The van der Waals surface area contributed by atoms with E-state index in [0.717, 1.165) is 17.1 Å². The lowest BCUT2D eigenvalue weighted by molar-refractivity contribution is -0.119. The van der Waals surface area contributed by atoms with Crippen molar-refractivity contribution in [3.63, 3.8) is 0 Å². The van der Waals surface area contributed by atoms with Crippen LogP contribution in [0.1, 0.15) is 25.8 Å². The summed E-state index contributed by atoms with van der Waals surface area (Å²) in [6, 6.07) is 3.67. The number of benzene rings is 1. The van der Waals surface area contributed by atoms with Crippen molar-refractivity contribution in [2.24, 2.45) is 13.0 Å². The number of amides is 1. The maximum atomic E-state index is 13.1. The summed E-state index contributed by atoms with van der Waals surface area (Å²) in [5, 5.41) is 18.3. The minimum atomic E-state index is -1.22. The van der Waals surface area contributed by atoms with Gasteiger partial charge in [-0.25, -0.2) is 4.39 Å². The van der Waals surface area contributed by atoms with Gasteiger partial charge in [-0.05, 0) is 31.5 Å². The molecule has 1 amide bonds. The van der Waals surface area contributed by atoms with Crippen LogP contribution in [0.15, 0.2) is 24.5 Å². The zero-order valence-corrected chi connectivity index (χ0v) is 15.6. The van der Waals surface area contributed by atoms with Crippen molar-refractivity contribution in [1.82, 2.24) is 20.4 Å². The predicted octanol–water partition coefficient (Wildman–Crippen LogP) is 2.37. The third kappa shape index (κ3) is 4.27. The fourth-order valence-electron chi connectivity index (χ4n) is 3.14. The molecule has 3 N–H and O–H groups in total. The second-order valence-corrected chi connectivity index (χ2v) is 6.83. The van der Waals surface area contributed by atoms with Gasteiger partial charge in [0.1, 0.15) is 11.9 Å². The molecule has 0 radical (unpaired) electrons. The Balaban J connectivity index is 1.96. The zero-order chi connectivity index (χ0) is 19.6. The van der Waals surface area contributed by atoms with E-state index >= 15 is 0 Å². The van der Waals surface area contributed by atoms with Crippen molar-refractivity contribution in [1.29, 1.82) is 5.41 Å². The van der Waals surface area contributed by atoms with E-state index in [-0.39, 0.29) is 17.9 Å². The minimum Gasteiger partial charge on any atom is -0.490 e. The number of alkyl halides is 1. The van der Waals surface area contributed by atoms with Gasteiger partial charge in [-0.1, -0.05) is 0 Å². The van der Waals surface area contributed by atoms with Gasteiger partial charge in [0.25, 0.3) is 0 Å². The van der Waals surface area contributed by atoms with Gasteiger partial charge >= 0.3 is 0 Å². The van der Waals surface area contributed by atoms with Crippen LogP contribution in [0, 0.1) is 11.3 Å². The van der Waals surface area contributed by atoms with E-state index in [2.05, 4.69) is 15.7 Å². The summed E-state index contributed by atoms with van der Waals surface area (Å²) >= 11 is 0. The van der Waals surface area contributed by atoms with Crippen LogP contribution in [0.2, 0.25) is 0 Å². The topological polar surface area (TPSA) is 92.0 Å². The lowest BCUT2D eigenvalue weighted by atomic mass is 10.0. The molecule has 27 heavy (non-hydrogen) atoms. The first-order valence-corrected chi connectivity index (χ1v) is 8.89. The number of aryl methyl sites for hydroxylation is 1. The smallest absolute Gasteiger partial charge is 0.220 e. The van der Waals surface area contributed by atoms with E-state index < -0.39 is 6.30 Å². The average molecular weight is 373 g/mol. The van der Waals surface area contributed by atoms with Gasteiger partial charge in [0, 0.05) is 50.1 Å². The van der Waals surface area contributed by atoms with Gasteiger partial charge in [0.2, 0.25) is 5.91 Å². The van der Waals surface area contributed by atoms with Crippen molar-refractivity contribution >= 4 is 28.6 Å². The Labute approximate surface area is 157 Å². The third-order valence-corrected chi connectivity index (χ3v) is 4.64. The molecule has 1 aliphatic rings. The fourth-order valence-corrected chi connectivity index (χ4v) is 3.14. The number of hydrogen-bond donors (Lipinski definition) is 3. The normalized spacial score (nSPS) is 19.6. The molecule has 0 aliphatic carbocycles. The SMILES string of the molecule is CC(F)N/C=C(\C=N)c1cc(O[C@H](C)[C@H]2CNC(=O)C2)c2cn(C)nc2c1. The number of ether oxygens (including phenoxy) is 1. The Morgan fingerprint density at radius 2 is 2.30 bits per heavy atom. The van der Waals surface area contributed by atoms with Crippen LogP contribution in [0.25, 0.3) is 16.5 Å². The van der Waals surface area contributed by atoms with Gasteiger partial charge < -0.3 is 20.8 Å². The van der Waals surface area contributed by atoms with Crippen LogP contribution in [0.5, 0.6) is 5.75 Å². The van der Waals surface area contributed by atoms with E-state index in [4.69, 9.17) is 10.1 Å². The standard InChI is InChI=1S/C19H24FN5O2/c1-11(14-6-19(26)23-8-14)27-18-5-13(15(7-21)9-22-12(2)20)4-17-16(18)10-25(3)24-17/h4-5,7,9-12,14,21-22H,6,8H2,1-3H3,(H,23,26)/b15-9+,21-7?/t11-,12?,14-/m1/s1. The molecular formula is C19H24FN5O2. The molecule has 1 aromatic heterocycles. The first kappa shape index (κ1) is 18.9. The lowest BCUT2D eigenvalue weighted by Gasteiger charge is -2.20. The summed E-state index contributed by atoms with van der Waals surface area (Å²) in [7, 11) is 1.83. The van der Waals surface area contributed by atoms with Crippen LogP contribution in [0.4, 0.5) is 4.39 Å². The minimum absolute atomic E-state index is 0.0381. The first-order chi connectivity index (χ1) is 12.9.